The van der Waals surface area contributed by atoms with E-state index in [1.54, 1.807) is 0 Å². The molecule has 3 saturated heterocycles. The van der Waals surface area contributed by atoms with Crippen LogP contribution >= 0.6 is 0 Å². The van der Waals surface area contributed by atoms with Crippen LogP contribution in [0.15, 0.2) is 90.7 Å². The largest absolute Gasteiger partial charge is 0.564 e. The molecule has 0 unspecified atom stereocenters. The maximum Gasteiger partial charge on any atom is 0.527 e. The third-order valence-corrected chi connectivity index (χ3v) is 13.4. The zero-order valence-corrected chi connectivity index (χ0v) is 43.9. The lowest BCUT2D eigenvalue weighted by Gasteiger charge is -2.46. The first-order valence-corrected chi connectivity index (χ1v) is 25.4. The Morgan fingerprint density at radius 3 is 1.70 bits per heavy atom. The van der Waals surface area contributed by atoms with Gasteiger partial charge in [-0.25, -0.2) is 9.59 Å². The van der Waals surface area contributed by atoms with Gasteiger partial charge in [-0.2, -0.15) is 0 Å². The molecule has 0 spiro atoms. The van der Waals surface area contributed by atoms with Crippen LogP contribution < -0.4 is 14.2 Å². The highest BCUT2D eigenvalue weighted by Gasteiger charge is 2.53. The van der Waals surface area contributed by atoms with Crippen LogP contribution in [0.3, 0.4) is 0 Å². The molecule has 0 saturated carbocycles. The molecule has 84 heavy (non-hydrogen) atoms. The number of esters is 3. The van der Waals surface area contributed by atoms with Gasteiger partial charge in [0.15, 0.2) is 41.2 Å². The molecule has 0 aromatic heterocycles. The van der Waals surface area contributed by atoms with E-state index in [0.29, 0.717) is 5.56 Å². The zero-order valence-electron chi connectivity index (χ0n) is 43.9. The molecule has 8 rings (SSSR count). The van der Waals surface area contributed by atoms with Crippen molar-refractivity contribution in [3.8, 4) is 46.0 Å². The summed E-state index contributed by atoms with van der Waals surface area (Å²) in [6.45, 7) is -2.39. The van der Waals surface area contributed by atoms with Crippen molar-refractivity contribution in [3.63, 3.8) is 0 Å². The Morgan fingerprint density at radius 2 is 1.11 bits per heavy atom. The van der Waals surface area contributed by atoms with E-state index in [2.05, 4.69) is 0 Å². The number of benzene rings is 4. The summed E-state index contributed by atoms with van der Waals surface area (Å²) in [5.74, 6) is -7.10. The first kappa shape index (κ1) is 61.8. The number of aliphatic hydroxyl groups excluding tert-OH is 8. The van der Waals surface area contributed by atoms with Gasteiger partial charge in [0.25, 0.3) is 0 Å². The van der Waals surface area contributed by atoms with Gasteiger partial charge >= 0.3 is 23.9 Å². The van der Waals surface area contributed by atoms with Crippen LogP contribution in [0.4, 0.5) is 0 Å². The Kier molecular flexibility index (Phi) is 19.8. The molecule has 4 aromatic carbocycles. The van der Waals surface area contributed by atoms with Crippen LogP contribution in [0.25, 0.3) is 17.9 Å². The molecule has 452 valence electrons. The first-order chi connectivity index (χ1) is 40.0. The van der Waals surface area contributed by atoms with Gasteiger partial charge in [-0.05, 0) is 71.8 Å². The minimum atomic E-state index is -2.16. The third-order valence-electron chi connectivity index (χ3n) is 13.4. The summed E-state index contributed by atoms with van der Waals surface area (Å²) in [6, 6.07) is 15.3. The van der Waals surface area contributed by atoms with Crippen molar-refractivity contribution in [1.82, 2.24) is 0 Å². The molecule has 4 aliphatic heterocycles. The Bertz CT molecular complexity index is 3110. The number of rotatable bonds is 20. The second-order valence-corrected chi connectivity index (χ2v) is 19.3. The number of ether oxygens (including phenoxy) is 11. The zero-order chi connectivity index (χ0) is 60.7. The monoisotopic (exact) mass is 1180 g/mol. The normalized spacial score (nSPS) is 28.7. The predicted octanol–water partition coefficient (Wildman–Crippen LogP) is -1.93. The molecule has 0 amide bonds. The molecule has 29 nitrogen and oxygen atoms in total. The lowest BCUT2D eigenvalue weighted by molar-refractivity contribution is -0.363. The van der Waals surface area contributed by atoms with Crippen LogP contribution in [0.5, 0.6) is 46.0 Å². The van der Waals surface area contributed by atoms with Crippen molar-refractivity contribution in [1.29, 1.82) is 0 Å². The predicted molar refractivity (Wildman–Crippen MR) is 277 cm³/mol. The fourth-order valence-electron chi connectivity index (χ4n) is 8.89. The Morgan fingerprint density at radius 1 is 0.560 bits per heavy atom. The molecule has 3 fully saturated rings. The molecular formula is C55H59O29+. The van der Waals surface area contributed by atoms with Crippen molar-refractivity contribution in [2.45, 2.75) is 105 Å². The van der Waals surface area contributed by atoms with E-state index in [9.17, 15) is 85.6 Å². The lowest BCUT2D eigenvalue weighted by Crippen LogP contribution is -2.64. The summed E-state index contributed by atoms with van der Waals surface area (Å²) in [7, 11) is 1.32. The number of aromatic hydroxyl groups is 5. The molecule has 4 aliphatic rings. The first-order valence-electron chi connectivity index (χ1n) is 25.4. The Labute approximate surface area is 474 Å². The van der Waals surface area contributed by atoms with Crippen LogP contribution in [0.1, 0.15) is 28.7 Å². The maximum atomic E-state index is 13.1. The highest BCUT2D eigenvalue weighted by atomic mass is 16.8. The van der Waals surface area contributed by atoms with Gasteiger partial charge in [0, 0.05) is 46.6 Å². The number of fused-ring (bicyclic) bond motifs is 1. The molecule has 0 aliphatic carbocycles. The van der Waals surface area contributed by atoms with Gasteiger partial charge in [-0.1, -0.05) is 12.1 Å². The van der Waals surface area contributed by atoms with Crippen molar-refractivity contribution in [3.05, 3.63) is 113 Å². The van der Waals surface area contributed by atoms with Crippen molar-refractivity contribution >= 4 is 41.8 Å². The van der Waals surface area contributed by atoms with E-state index in [1.807, 2.05) is 0 Å². The number of phenolic OH excluding ortho intramolecular Hbond substituents is 5. The average molecular weight is 1180 g/mol. The standard InChI is InChI=1S/C55H58O29/c1-74-34-15-24(3-11-30(34)59)5-13-41(64)76-21-38-45(68)48(71)52(84-54-50(73)47(70)43(66)36(82-54)20-75-40(63)12-4-23-2-10-29(58)31(60)14-23)55(83-38)80-35-18-28-32(78-51(35)25-6-8-26(56)9-7-25)16-27(57)17-33(28)79-53-49(72)46(69)44(67)37(81-53)22-77-42(65)19-39(61)62/h2-17,36-38,43-50,52-60,66-73H,18-22H2,1H3,(H,61,62)/p+1/b12-4+,13-5+/t36-,37-,38-,43-,44-,45-,46+,47+,48+,49-,50-,52-,53-,54+,55-/m1/s1. The molecule has 4 aromatic rings. The van der Waals surface area contributed by atoms with Gasteiger partial charge in [0.2, 0.25) is 19.0 Å². The second kappa shape index (κ2) is 27.0. The Hall–Kier alpha value is -8.30. The molecule has 4 heterocycles. The minimum Gasteiger partial charge on any atom is -0.564 e. The highest BCUT2D eigenvalue weighted by Crippen LogP contribution is 2.45. The molecule has 29 heteroatoms. The van der Waals surface area contributed by atoms with Crippen molar-refractivity contribution in [2.75, 3.05) is 26.9 Å². The van der Waals surface area contributed by atoms with Crippen LogP contribution in [-0.2, 0) is 63.5 Å². The number of aliphatic hydroxyl groups is 8. The van der Waals surface area contributed by atoms with Gasteiger partial charge in [-0.15, -0.1) is 0 Å². The van der Waals surface area contributed by atoms with Crippen LogP contribution in [0.2, 0.25) is 0 Å². The minimum absolute atomic E-state index is 0.0207. The highest BCUT2D eigenvalue weighted by molar-refractivity contribution is 5.90. The van der Waals surface area contributed by atoms with E-state index in [1.165, 1.54) is 73.9 Å². The summed E-state index contributed by atoms with van der Waals surface area (Å²) in [6.07, 6.45) is -26.3. The average Bonchev–Trinajstić information content (AvgIpc) is 3.53. The number of carbonyl (C=O) groups excluding carboxylic acids is 4. The molecule has 15 atom stereocenters. The van der Waals surface area contributed by atoms with Gasteiger partial charge < -0.3 is 124 Å². The summed E-state index contributed by atoms with van der Waals surface area (Å²) in [5.41, 5.74) is 0.816. The van der Waals surface area contributed by atoms with E-state index < -0.39 is 166 Å². The van der Waals surface area contributed by atoms with Gasteiger partial charge in [0.05, 0.1) is 7.11 Å². The molecular weight excluding hydrogens is 1120 g/mol. The van der Waals surface area contributed by atoms with Gasteiger partial charge in [-0.3, -0.25) is 4.79 Å². The van der Waals surface area contributed by atoms with E-state index in [-0.39, 0.29) is 57.0 Å². The molecule has 15 N–H and O–H groups in total. The van der Waals surface area contributed by atoms with Crippen molar-refractivity contribution < 1.29 is 143 Å². The number of hydrogen-bond donors (Lipinski definition) is 13. The number of phenols is 5. The number of methoxy groups -OCH3 is 1. The number of carbonyl (C=O) groups is 4. The van der Waals surface area contributed by atoms with Crippen molar-refractivity contribution in [2.24, 2.45) is 0 Å². The molecule has 0 bridgehead atoms. The topological polar surface area (TPSA) is 456 Å². The van der Waals surface area contributed by atoms with E-state index in [0.717, 1.165) is 30.4 Å². The fourth-order valence-corrected chi connectivity index (χ4v) is 8.89. The quantitative estimate of drug-likeness (QED) is 0.0114. The summed E-state index contributed by atoms with van der Waals surface area (Å²) in [4.78, 5) is 49.1. The smallest absolute Gasteiger partial charge is 0.527 e. The number of hydrogen-bond acceptors (Lipinski definition) is 28. The summed E-state index contributed by atoms with van der Waals surface area (Å²) < 4.78 is 63.2. The van der Waals surface area contributed by atoms with Crippen LogP contribution in [0, 0.1) is 0 Å². The second-order valence-electron chi connectivity index (χ2n) is 19.3. The summed E-state index contributed by atoms with van der Waals surface area (Å²) in [5, 5.41) is 147. The maximum absolute atomic E-state index is 13.1. The SMILES string of the molecule is COc1cc(/C=C/C(=O)OC[C@H]2O[C@@H](OC3=C(c4ccc(O)cc4)Oc4cc(O)cc(O[C@@H]5O[C@H](COC(=O)CC(=O)[OH2+])[C@@H](O)[C@H](O)[C@H]5O)c4C3)[C@H](O[C@@H]3O[C@H](COC(=O)/C=C/c4ccc(O)c(O)c4)[C@@H](O)[C@H](O)[C@H]3O)[C@@H](O)[C@@H]2O)ccc1O. The third kappa shape index (κ3) is 14.7. The van der Waals surface area contributed by atoms with E-state index in [4.69, 9.17) is 57.2 Å². The number of allylic oxidation sites excluding steroid dienone is 1. The van der Waals surface area contributed by atoms with Gasteiger partial charge in [0.1, 0.15) is 116 Å². The van der Waals surface area contributed by atoms with E-state index >= 15 is 0 Å². The molecule has 0 radical (unpaired) electrons. The Balaban J connectivity index is 1.09. The summed E-state index contributed by atoms with van der Waals surface area (Å²) >= 11 is 0. The lowest BCUT2D eigenvalue weighted by atomic mass is 9.97. The van der Waals surface area contributed by atoms with Crippen LogP contribution in [-0.4, -0.2) is 214 Å². The fraction of sp³-hybridized carbons (Fsp3) is 0.382.